The fourth-order valence-corrected chi connectivity index (χ4v) is 1.68. The minimum absolute atomic E-state index is 0.0403. The highest BCUT2D eigenvalue weighted by atomic mass is 16.6. The zero-order valence-corrected chi connectivity index (χ0v) is 11.5. The van der Waals surface area contributed by atoms with Crippen molar-refractivity contribution in [2.45, 2.75) is 39.7 Å². The lowest BCUT2D eigenvalue weighted by atomic mass is 10.0. The molecule has 0 radical (unpaired) electrons. The van der Waals surface area contributed by atoms with E-state index in [-0.39, 0.29) is 17.5 Å². The van der Waals surface area contributed by atoms with Crippen LogP contribution in [0.1, 0.15) is 33.6 Å². The number of nitro groups is 1. The van der Waals surface area contributed by atoms with Gasteiger partial charge in [0.1, 0.15) is 11.6 Å². The van der Waals surface area contributed by atoms with Gasteiger partial charge in [-0.05, 0) is 25.7 Å². The molecule has 1 atom stereocenters. The largest absolute Gasteiger partial charge is 0.367 e. The number of anilines is 2. The number of nitrogens with one attached hydrogen (secondary N) is 2. The van der Waals surface area contributed by atoms with Crippen molar-refractivity contribution in [3.05, 3.63) is 22.2 Å². The summed E-state index contributed by atoms with van der Waals surface area (Å²) in [5.41, 5.74) is 2.29. The van der Waals surface area contributed by atoms with E-state index in [0.717, 1.165) is 12.8 Å². The average Bonchev–Trinajstić information content (AvgIpc) is 2.35. The molecule has 7 heteroatoms. The first-order valence-corrected chi connectivity index (χ1v) is 6.32. The van der Waals surface area contributed by atoms with Crippen LogP contribution in [0.2, 0.25) is 0 Å². The summed E-state index contributed by atoms with van der Waals surface area (Å²) in [5, 5.41) is 14.0. The van der Waals surface area contributed by atoms with Crippen molar-refractivity contribution in [1.29, 1.82) is 0 Å². The Hall–Kier alpha value is -1.89. The van der Waals surface area contributed by atoms with Gasteiger partial charge in [0.15, 0.2) is 0 Å². The van der Waals surface area contributed by atoms with Crippen molar-refractivity contribution >= 4 is 17.3 Å². The molecule has 0 spiro atoms. The number of hydrogen-bond acceptors (Lipinski definition) is 6. The Kier molecular flexibility index (Phi) is 5.50. The highest BCUT2D eigenvalue weighted by Gasteiger charge is 2.12. The summed E-state index contributed by atoms with van der Waals surface area (Å²) >= 11 is 0. The summed E-state index contributed by atoms with van der Waals surface area (Å²) in [4.78, 5) is 14.5. The van der Waals surface area contributed by atoms with Crippen molar-refractivity contribution in [3.63, 3.8) is 0 Å². The van der Waals surface area contributed by atoms with Crippen molar-refractivity contribution in [2.24, 2.45) is 11.8 Å². The third-order valence-corrected chi connectivity index (χ3v) is 2.74. The topological polar surface area (TPSA) is 106 Å². The molecule has 0 aromatic carbocycles. The van der Waals surface area contributed by atoms with Gasteiger partial charge in [-0.1, -0.05) is 13.8 Å². The molecule has 0 aliphatic heterocycles. The molecule has 106 valence electrons. The average molecular weight is 267 g/mol. The molecule has 0 amide bonds. The Morgan fingerprint density at radius 1 is 1.32 bits per heavy atom. The summed E-state index contributed by atoms with van der Waals surface area (Å²) in [6.07, 6.45) is 2.07. The van der Waals surface area contributed by atoms with E-state index in [4.69, 9.17) is 5.84 Å². The van der Waals surface area contributed by atoms with E-state index in [0.29, 0.717) is 11.7 Å². The summed E-state index contributed by atoms with van der Waals surface area (Å²) in [6, 6.07) is 2.90. The number of hydrazine groups is 1. The van der Waals surface area contributed by atoms with Crippen LogP contribution in [0.5, 0.6) is 0 Å². The van der Waals surface area contributed by atoms with Gasteiger partial charge in [0.25, 0.3) is 5.69 Å². The Morgan fingerprint density at radius 2 is 1.95 bits per heavy atom. The number of rotatable bonds is 7. The van der Waals surface area contributed by atoms with Crippen LogP contribution in [0.3, 0.4) is 0 Å². The second-order valence-electron chi connectivity index (χ2n) is 5.01. The van der Waals surface area contributed by atoms with Crippen LogP contribution in [0.25, 0.3) is 0 Å². The van der Waals surface area contributed by atoms with Gasteiger partial charge in [0.05, 0.1) is 17.1 Å². The van der Waals surface area contributed by atoms with Gasteiger partial charge < -0.3 is 10.7 Å². The van der Waals surface area contributed by atoms with Gasteiger partial charge >= 0.3 is 0 Å². The molecule has 0 aliphatic rings. The van der Waals surface area contributed by atoms with Gasteiger partial charge in [-0.15, -0.1) is 0 Å². The minimum Gasteiger partial charge on any atom is -0.367 e. The third-order valence-electron chi connectivity index (χ3n) is 2.74. The van der Waals surface area contributed by atoms with E-state index in [2.05, 4.69) is 29.6 Å². The minimum atomic E-state index is -0.466. The normalized spacial score (nSPS) is 12.3. The predicted molar refractivity (Wildman–Crippen MR) is 75.9 cm³/mol. The lowest BCUT2D eigenvalue weighted by Crippen LogP contribution is -2.18. The molecule has 4 N–H and O–H groups in total. The van der Waals surface area contributed by atoms with Crippen LogP contribution in [0, 0.1) is 16.0 Å². The molecular formula is C12H21N5O2. The number of hydrogen-bond donors (Lipinski definition) is 3. The molecule has 0 saturated carbocycles. The lowest BCUT2D eigenvalue weighted by Gasteiger charge is -2.16. The molecule has 1 rings (SSSR count). The molecule has 0 fully saturated rings. The van der Waals surface area contributed by atoms with E-state index in [1.54, 1.807) is 0 Å². The Morgan fingerprint density at radius 3 is 2.47 bits per heavy atom. The zero-order valence-electron chi connectivity index (χ0n) is 11.5. The molecule has 1 unspecified atom stereocenters. The van der Waals surface area contributed by atoms with E-state index in [9.17, 15) is 10.1 Å². The summed E-state index contributed by atoms with van der Waals surface area (Å²) < 4.78 is 0. The van der Waals surface area contributed by atoms with Gasteiger partial charge in [0, 0.05) is 6.04 Å². The summed E-state index contributed by atoms with van der Waals surface area (Å²) in [7, 11) is 0. The molecule has 7 nitrogen and oxygen atoms in total. The highest BCUT2D eigenvalue weighted by molar-refractivity contribution is 5.54. The lowest BCUT2D eigenvalue weighted by molar-refractivity contribution is -0.384. The molecule has 1 aromatic rings. The molecule has 0 bridgehead atoms. The first-order chi connectivity index (χ1) is 8.92. The first-order valence-electron chi connectivity index (χ1n) is 6.32. The van der Waals surface area contributed by atoms with Gasteiger partial charge in [0.2, 0.25) is 0 Å². The van der Waals surface area contributed by atoms with E-state index < -0.39 is 4.92 Å². The molecule has 0 aliphatic carbocycles. The fraction of sp³-hybridized carbons (Fsp3) is 0.583. The molecule has 0 saturated heterocycles. The first kappa shape index (κ1) is 15.2. The van der Waals surface area contributed by atoms with Crippen LogP contribution in [-0.4, -0.2) is 15.9 Å². The predicted octanol–water partition coefficient (Wildman–Crippen LogP) is 2.51. The van der Waals surface area contributed by atoms with Crippen LogP contribution < -0.4 is 16.6 Å². The molecule has 1 heterocycles. The highest BCUT2D eigenvalue weighted by Crippen LogP contribution is 2.21. The number of nitrogens with two attached hydrogens (primary N) is 1. The van der Waals surface area contributed by atoms with Crippen LogP contribution in [0.15, 0.2) is 12.1 Å². The van der Waals surface area contributed by atoms with Gasteiger partial charge in [-0.3, -0.25) is 10.1 Å². The second kappa shape index (κ2) is 6.89. The maximum atomic E-state index is 10.8. The van der Waals surface area contributed by atoms with Gasteiger partial charge in [-0.25, -0.2) is 10.8 Å². The maximum absolute atomic E-state index is 10.8. The standard InChI is InChI=1S/C12H21N5O2/c1-8(2)4-5-9(3)14-11-6-10(17(18)19)7-12(15-11)16-13/h6-9H,4-5,13H2,1-3H3,(H2,14,15,16). The van der Waals surface area contributed by atoms with Crippen molar-refractivity contribution in [3.8, 4) is 0 Å². The van der Waals surface area contributed by atoms with Crippen molar-refractivity contribution in [2.75, 3.05) is 10.7 Å². The maximum Gasteiger partial charge on any atom is 0.276 e. The fourth-order valence-electron chi connectivity index (χ4n) is 1.68. The van der Waals surface area contributed by atoms with E-state index >= 15 is 0 Å². The second-order valence-corrected chi connectivity index (χ2v) is 5.01. The number of aromatic nitrogens is 1. The Balaban J connectivity index is 2.76. The summed E-state index contributed by atoms with van der Waals surface area (Å²) in [5.74, 6) is 6.61. The third kappa shape index (κ3) is 5.09. The van der Waals surface area contributed by atoms with Gasteiger partial charge in [-0.2, -0.15) is 0 Å². The van der Waals surface area contributed by atoms with Crippen molar-refractivity contribution in [1.82, 2.24) is 4.98 Å². The Bertz CT molecular complexity index is 436. The quantitative estimate of drug-likeness (QED) is 0.398. The van der Waals surface area contributed by atoms with Crippen LogP contribution in [-0.2, 0) is 0 Å². The monoisotopic (exact) mass is 267 g/mol. The number of nitrogen functional groups attached to an aromatic ring is 1. The zero-order chi connectivity index (χ0) is 14.4. The number of nitrogens with zero attached hydrogens (tertiary/aromatic N) is 2. The summed E-state index contributed by atoms with van der Waals surface area (Å²) in [6.45, 7) is 6.35. The van der Waals surface area contributed by atoms with E-state index in [1.165, 1.54) is 12.1 Å². The van der Waals surface area contributed by atoms with Crippen LogP contribution >= 0.6 is 0 Å². The Labute approximate surface area is 112 Å². The SMILES string of the molecule is CC(C)CCC(C)Nc1cc([N+](=O)[O-])cc(NN)n1. The molecule has 19 heavy (non-hydrogen) atoms. The van der Waals surface area contributed by atoms with E-state index in [1.807, 2.05) is 6.92 Å². The smallest absolute Gasteiger partial charge is 0.276 e. The number of pyridine rings is 1. The molecule has 1 aromatic heterocycles. The van der Waals surface area contributed by atoms with Crippen molar-refractivity contribution < 1.29 is 4.92 Å². The van der Waals surface area contributed by atoms with Crippen LogP contribution in [0.4, 0.5) is 17.3 Å². The molecular weight excluding hydrogens is 246 g/mol.